The number of hydrogen-bond donors (Lipinski definition) is 2. The molecule has 1 aromatic heterocycles. The number of rotatable bonds is 6. The number of amides is 1. The van der Waals surface area contributed by atoms with Crippen LogP contribution in [0.5, 0.6) is 0 Å². The van der Waals surface area contributed by atoms with E-state index < -0.39 is 0 Å². The monoisotopic (exact) mass is 396 g/mol. The van der Waals surface area contributed by atoms with Crippen molar-refractivity contribution >= 4 is 23.1 Å². The molecule has 2 saturated heterocycles. The van der Waals surface area contributed by atoms with Gasteiger partial charge in [0, 0.05) is 50.7 Å². The molecule has 2 N–H and O–H groups in total. The Balaban J connectivity index is 1.29. The first-order chi connectivity index (χ1) is 14.2. The average molecular weight is 396 g/mol. The number of nitrogens with one attached hydrogen (secondary N) is 2. The summed E-state index contributed by atoms with van der Waals surface area (Å²) in [5.74, 6) is 0.379. The van der Waals surface area contributed by atoms with Crippen LogP contribution in [0.2, 0.25) is 0 Å². The minimum atomic E-state index is -0.268. The SMILES string of the molecule is CN1CCN(c2ccc(NC(=O)c3cnc(NCC4CCCO4)cn3)cc2)CC1. The van der Waals surface area contributed by atoms with Crippen molar-refractivity contribution < 1.29 is 9.53 Å². The van der Waals surface area contributed by atoms with Gasteiger partial charge >= 0.3 is 0 Å². The largest absolute Gasteiger partial charge is 0.376 e. The summed E-state index contributed by atoms with van der Waals surface area (Å²) in [6.07, 6.45) is 5.47. The summed E-state index contributed by atoms with van der Waals surface area (Å²) in [4.78, 5) is 25.6. The minimum absolute atomic E-state index is 0.230. The van der Waals surface area contributed by atoms with Crippen LogP contribution in [-0.4, -0.2) is 73.3 Å². The summed E-state index contributed by atoms with van der Waals surface area (Å²) in [6.45, 7) is 5.70. The number of carbonyl (C=O) groups excluding carboxylic acids is 1. The second-order valence-corrected chi connectivity index (χ2v) is 7.59. The summed E-state index contributed by atoms with van der Waals surface area (Å²) in [5.41, 5.74) is 2.21. The van der Waals surface area contributed by atoms with E-state index in [1.807, 2.05) is 24.3 Å². The van der Waals surface area contributed by atoms with Crippen LogP contribution in [0.15, 0.2) is 36.7 Å². The molecule has 2 aliphatic rings. The first kappa shape index (κ1) is 19.6. The van der Waals surface area contributed by atoms with E-state index in [1.54, 1.807) is 6.20 Å². The predicted octanol–water partition coefficient (Wildman–Crippen LogP) is 2.07. The van der Waals surface area contributed by atoms with Crippen LogP contribution in [-0.2, 0) is 4.74 Å². The van der Waals surface area contributed by atoms with E-state index in [-0.39, 0.29) is 17.7 Å². The van der Waals surface area contributed by atoms with Crippen LogP contribution in [0.4, 0.5) is 17.2 Å². The van der Waals surface area contributed by atoms with E-state index in [0.717, 1.165) is 51.3 Å². The van der Waals surface area contributed by atoms with Crippen molar-refractivity contribution in [3.8, 4) is 0 Å². The third-order valence-electron chi connectivity index (χ3n) is 5.41. The molecular formula is C21H28N6O2. The lowest BCUT2D eigenvalue weighted by molar-refractivity contribution is 0.102. The molecule has 1 aromatic carbocycles. The van der Waals surface area contributed by atoms with Gasteiger partial charge in [0.05, 0.1) is 18.5 Å². The first-order valence-corrected chi connectivity index (χ1v) is 10.2. The van der Waals surface area contributed by atoms with Gasteiger partial charge in [0.2, 0.25) is 0 Å². The Morgan fingerprint density at radius 1 is 1.14 bits per heavy atom. The number of aromatic nitrogens is 2. The summed E-state index contributed by atoms with van der Waals surface area (Å²) in [5, 5.41) is 6.09. The molecule has 2 aromatic rings. The minimum Gasteiger partial charge on any atom is -0.376 e. The third-order valence-corrected chi connectivity index (χ3v) is 5.41. The topological polar surface area (TPSA) is 82.6 Å². The Kier molecular flexibility index (Phi) is 6.21. The Hall–Kier alpha value is -2.71. The standard InChI is InChI=1S/C21H28N6O2/c1-26-8-10-27(11-9-26)17-6-4-16(5-7-17)25-21(28)19-14-24-20(15-22-19)23-13-18-3-2-12-29-18/h4-7,14-15,18H,2-3,8-13H2,1H3,(H,23,24)(H,25,28). The lowest BCUT2D eigenvalue weighted by atomic mass is 10.2. The fourth-order valence-electron chi connectivity index (χ4n) is 3.58. The second kappa shape index (κ2) is 9.19. The van der Waals surface area contributed by atoms with Gasteiger partial charge in [-0.2, -0.15) is 0 Å². The molecule has 0 spiro atoms. The second-order valence-electron chi connectivity index (χ2n) is 7.59. The first-order valence-electron chi connectivity index (χ1n) is 10.2. The zero-order valence-corrected chi connectivity index (χ0v) is 16.8. The normalized spacial score (nSPS) is 19.9. The molecule has 0 aliphatic carbocycles. The van der Waals surface area contributed by atoms with Crippen molar-refractivity contribution in [1.82, 2.24) is 14.9 Å². The molecule has 1 unspecified atom stereocenters. The van der Waals surface area contributed by atoms with Crippen LogP contribution >= 0.6 is 0 Å². The average Bonchev–Trinajstić information content (AvgIpc) is 3.27. The molecule has 2 fully saturated rings. The van der Waals surface area contributed by atoms with E-state index in [2.05, 4.69) is 37.4 Å². The number of hydrogen-bond acceptors (Lipinski definition) is 7. The number of benzene rings is 1. The number of anilines is 3. The number of ether oxygens (including phenoxy) is 1. The van der Waals surface area contributed by atoms with Gasteiger partial charge < -0.3 is 25.2 Å². The summed E-state index contributed by atoms with van der Waals surface area (Å²) in [7, 11) is 2.14. The maximum absolute atomic E-state index is 12.4. The Labute approximate surface area is 171 Å². The molecular weight excluding hydrogens is 368 g/mol. The zero-order chi connectivity index (χ0) is 20.1. The number of carbonyl (C=O) groups is 1. The molecule has 1 atom stereocenters. The van der Waals surface area contributed by atoms with Crippen LogP contribution in [0.25, 0.3) is 0 Å². The van der Waals surface area contributed by atoms with Gasteiger partial charge in [-0.05, 0) is 44.2 Å². The highest BCUT2D eigenvalue weighted by Crippen LogP contribution is 2.20. The van der Waals surface area contributed by atoms with Gasteiger partial charge in [0.25, 0.3) is 5.91 Å². The van der Waals surface area contributed by atoms with Crippen molar-refractivity contribution in [2.45, 2.75) is 18.9 Å². The van der Waals surface area contributed by atoms with E-state index >= 15 is 0 Å². The molecule has 29 heavy (non-hydrogen) atoms. The molecule has 3 heterocycles. The van der Waals surface area contributed by atoms with E-state index in [9.17, 15) is 4.79 Å². The van der Waals surface area contributed by atoms with Crippen LogP contribution in [0.1, 0.15) is 23.3 Å². The zero-order valence-electron chi connectivity index (χ0n) is 16.8. The molecule has 1 amide bonds. The van der Waals surface area contributed by atoms with E-state index in [1.165, 1.54) is 11.9 Å². The van der Waals surface area contributed by atoms with Crippen LogP contribution < -0.4 is 15.5 Å². The highest BCUT2D eigenvalue weighted by Gasteiger charge is 2.16. The van der Waals surface area contributed by atoms with Gasteiger partial charge in [-0.3, -0.25) is 4.79 Å². The molecule has 0 saturated carbocycles. The molecule has 2 aliphatic heterocycles. The van der Waals surface area contributed by atoms with Crippen molar-refractivity contribution in [3.63, 3.8) is 0 Å². The van der Waals surface area contributed by atoms with Gasteiger partial charge in [0.1, 0.15) is 11.5 Å². The Morgan fingerprint density at radius 3 is 2.59 bits per heavy atom. The highest BCUT2D eigenvalue weighted by molar-refractivity contribution is 6.02. The number of nitrogens with zero attached hydrogens (tertiary/aromatic N) is 4. The van der Waals surface area contributed by atoms with Gasteiger partial charge in [0.15, 0.2) is 0 Å². The smallest absolute Gasteiger partial charge is 0.275 e. The summed E-state index contributed by atoms with van der Waals surface area (Å²) < 4.78 is 5.57. The lowest BCUT2D eigenvalue weighted by Crippen LogP contribution is -2.44. The van der Waals surface area contributed by atoms with E-state index in [0.29, 0.717) is 12.4 Å². The number of piperazine rings is 1. The van der Waals surface area contributed by atoms with Crippen molar-refractivity contribution in [2.75, 3.05) is 61.9 Å². The van der Waals surface area contributed by atoms with E-state index in [4.69, 9.17) is 4.74 Å². The van der Waals surface area contributed by atoms with Gasteiger partial charge in [-0.15, -0.1) is 0 Å². The summed E-state index contributed by atoms with van der Waals surface area (Å²) in [6, 6.07) is 7.95. The van der Waals surface area contributed by atoms with Gasteiger partial charge in [-0.25, -0.2) is 9.97 Å². The maximum atomic E-state index is 12.4. The third kappa shape index (κ3) is 5.21. The van der Waals surface area contributed by atoms with Crippen LogP contribution in [0, 0.1) is 0 Å². The van der Waals surface area contributed by atoms with Crippen molar-refractivity contribution in [2.24, 2.45) is 0 Å². The molecule has 0 bridgehead atoms. The quantitative estimate of drug-likeness (QED) is 0.773. The maximum Gasteiger partial charge on any atom is 0.275 e. The molecule has 8 heteroatoms. The Bertz CT molecular complexity index is 797. The summed E-state index contributed by atoms with van der Waals surface area (Å²) >= 11 is 0. The van der Waals surface area contributed by atoms with Crippen molar-refractivity contribution in [3.05, 3.63) is 42.4 Å². The fourth-order valence-corrected chi connectivity index (χ4v) is 3.58. The predicted molar refractivity (Wildman–Crippen MR) is 114 cm³/mol. The fraction of sp³-hybridized carbons (Fsp3) is 0.476. The Morgan fingerprint density at radius 2 is 1.93 bits per heavy atom. The molecule has 0 radical (unpaired) electrons. The van der Waals surface area contributed by atoms with Crippen LogP contribution in [0.3, 0.4) is 0 Å². The highest BCUT2D eigenvalue weighted by atomic mass is 16.5. The van der Waals surface area contributed by atoms with Gasteiger partial charge in [-0.1, -0.05) is 0 Å². The molecule has 8 nitrogen and oxygen atoms in total. The van der Waals surface area contributed by atoms with Crippen molar-refractivity contribution in [1.29, 1.82) is 0 Å². The molecule has 154 valence electrons. The molecule has 4 rings (SSSR count). The lowest BCUT2D eigenvalue weighted by Gasteiger charge is -2.34. The number of likely N-dealkylation sites (N-methyl/N-ethyl adjacent to an activating group) is 1.